The van der Waals surface area contributed by atoms with Crippen LogP contribution in [0.3, 0.4) is 0 Å². The monoisotopic (exact) mass is 308 g/mol. The van der Waals surface area contributed by atoms with Gasteiger partial charge in [0.05, 0.1) is 24.7 Å². The van der Waals surface area contributed by atoms with Gasteiger partial charge < -0.3 is 9.42 Å². The lowest BCUT2D eigenvalue weighted by molar-refractivity contribution is -0.131. The van der Waals surface area contributed by atoms with Crippen LogP contribution in [0.1, 0.15) is 24.1 Å². The Bertz CT molecular complexity index is 603. The van der Waals surface area contributed by atoms with Crippen LogP contribution in [0.5, 0.6) is 0 Å². The second kappa shape index (κ2) is 5.89. The van der Waals surface area contributed by atoms with Crippen molar-refractivity contribution in [3.63, 3.8) is 0 Å². The van der Waals surface area contributed by atoms with Gasteiger partial charge >= 0.3 is 0 Å². The normalized spacial score (nSPS) is 18.4. The molecule has 1 aliphatic rings. The SMILES string of the molecule is Cc1noc(Cl)c1CC(=O)N1CCC[C@@H]1Cn1cccn1. The summed E-state index contributed by atoms with van der Waals surface area (Å²) in [4.78, 5) is 14.4. The second-order valence-electron chi connectivity index (χ2n) is 5.31. The van der Waals surface area contributed by atoms with Gasteiger partial charge in [-0.3, -0.25) is 9.48 Å². The van der Waals surface area contributed by atoms with Crippen molar-refractivity contribution < 1.29 is 9.32 Å². The van der Waals surface area contributed by atoms with Gasteiger partial charge in [-0.05, 0) is 37.4 Å². The van der Waals surface area contributed by atoms with E-state index in [1.165, 1.54) is 0 Å². The lowest BCUT2D eigenvalue weighted by Crippen LogP contribution is -2.39. The van der Waals surface area contributed by atoms with E-state index in [0.717, 1.165) is 25.9 Å². The highest BCUT2D eigenvalue weighted by atomic mass is 35.5. The van der Waals surface area contributed by atoms with Crippen LogP contribution in [-0.4, -0.2) is 38.3 Å². The molecule has 1 fully saturated rings. The summed E-state index contributed by atoms with van der Waals surface area (Å²) in [6, 6.07) is 2.08. The molecule has 6 nitrogen and oxygen atoms in total. The van der Waals surface area contributed by atoms with Crippen LogP contribution in [-0.2, 0) is 17.8 Å². The summed E-state index contributed by atoms with van der Waals surface area (Å²) < 4.78 is 6.77. The number of nitrogens with zero attached hydrogens (tertiary/aromatic N) is 4. The van der Waals surface area contributed by atoms with Gasteiger partial charge in [0.1, 0.15) is 0 Å². The zero-order valence-electron chi connectivity index (χ0n) is 11.8. The van der Waals surface area contributed by atoms with Gasteiger partial charge in [-0.1, -0.05) is 5.16 Å². The third-order valence-corrected chi connectivity index (χ3v) is 4.22. The Morgan fingerprint density at radius 2 is 2.43 bits per heavy atom. The van der Waals surface area contributed by atoms with E-state index in [0.29, 0.717) is 11.3 Å². The van der Waals surface area contributed by atoms with E-state index in [1.807, 2.05) is 21.8 Å². The van der Waals surface area contributed by atoms with Crippen molar-refractivity contribution >= 4 is 17.5 Å². The fourth-order valence-electron chi connectivity index (χ4n) is 2.79. The Labute approximate surface area is 127 Å². The predicted molar refractivity (Wildman–Crippen MR) is 76.9 cm³/mol. The smallest absolute Gasteiger partial charge is 0.229 e. The first kappa shape index (κ1) is 14.1. The number of carbonyl (C=O) groups is 1. The molecule has 112 valence electrons. The van der Waals surface area contributed by atoms with Gasteiger partial charge in [-0.2, -0.15) is 5.10 Å². The summed E-state index contributed by atoms with van der Waals surface area (Å²) in [6.45, 7) is 3.31. The van der Waals surface area contributed by atoms with Gasteiger partial charge in [-0.15, -0.1) is 0 Å². The predicted octanol–water partition coefficient (Wildman–Crippen LogP) is 2.07. The standard InChI is InChI=1S/C14H17ClN4O2/c1-10-12(14(15)21-17-10)8-13(20)19-7-2-4-11(19)9-18-6-3-5-16-18/h3,5-6,11H,2,4,7-9H2,1H3/t11-/m1/s1. The summed E-state index contributed by atoms with van der Waals surface area (Å²) in [5.41, 5.74) is 1.36. The van der Waals surface area contributed by atoms with Crippen molar-refractivity contribution in [2.75, 3.05) is 6.54 Å². The summed E-state index contributed by atoms with van der Waals surface area (Å²) in [5.74, 6) is 0.0675. The number of rotatable bonds is 4. The van der Waals surface area contributed by atoms with Crippen LogP contribution in [0.25, 0.3) is 0 Å². The van der Waals surface area contributed by atoms with Gasteiger partial charge in [0, 0.05) is 24.5 Å². The molecule has 1 amide bonds. The first-order valence-electron chi connectivity index (χ1n) is 7.02. The molecule has 1 saturated heterocycles. The molecule has 0 spiro atoms. The average Bonchev–Trinajstić information content (AvgIpc) is 3.18. The highest BCUT2D eigenvalue weighted by Gasteiger charge is 2.30. The minimum absolute atomic E-state index is 0.0675. The molecular formula is C14H17ClN4O2. The van der Waals surface area contributed by atoms with Crippen molar-refractivity contribution in [3.05, 3.63) is 34.9 Å². The lowest BCUT2D eigenvalue weighted by atomic mass is 10.1. The van der Waals surface area contributed by atoms with Crippen LogP contribution in [0.2, 0.25) is 5.22 Å². The molecule has 0 unspecified atom stereocenters. The van der Waals surface area contributed by atoms with E-state index < -0.39 is 0 Å². The molecule has 2 aromatic rings. The third kappa shape index (κ3) is 2.95. The average molecular weight is 309 g/mol. The summed E-state index contributed by atoms with van der Waals surface area (Å²) in [5, 5.41) is 8.21. The van der Waals surface area contributed by atoms with Crippen LogP contribution in [0, 0.1) is 6.92 Å². The maximum absolute atomic E-state index is 12.5. The number of halogens is 1. The van der Waals surface area contributed by atoms with Gasteiger partial charge in [0.15, 0.2) is 0 Å². The fraction of sp³-hybridized carbons (Fsp3) is 0.500. The van der Waals surface area contributed by atoms with Crippen LogP contribution < -0.4 is 0 Å². The number of aromatic nitrogens is 3. The third-order valence-electron chi connectivity index (χ3n) is 3.92. The largest absolute Gasteiger partial charge is 0.344 e. The number of amides is 1. The van der Waals surface area contributed by atoms with Crippen LogP contribution in [0.4, 0.5) is 0 Å². The number of likely N-dealkylation sites (tertiary alicyclic amines) is 1. The molecule has 21 heavy (non-hydrogen) atoms. The Kier molecular flexibility index (Phi) is 3.96. The highest BCUT2D eigenvalue weighted by molar-refractivity contribution is 6.29. The van der Waals surface area contributed by atoms with Crippen LogP contribution >= 0.6 is 11.6 Å². The highest BCUT2D eigenvalue weighted by Crippen LogP contribution is 2.24. The van der Waals surface area contributed by atoms with E-state index in [9.17, 15) is 4.79 Å². The van der Waals surface area contributed by atoms with Gasteiger partial charge in [-0.25, -0.2) is 0 Å². The topological polar surface area (TPSA) is 64.2 Å². The molecule has 2 aromatic heterocycles. The molecule has 0 N–H and O–H groups in total. The van der Waals surface area contributed by atoms with Crippen molar-refractivity contribution in [2.45, 2.75) is 38.8 Å². The molecule has 7 heteroatoms. The molecule has 0 saturated carbocycles. The molecule has 1 aliphatic heterocycles. The molecule has 0 aromatic carbocycles. The molecular weight excluding hydrogens is 292 g/mol. The molecule has 3 rings (SSSR count). The molecule has 3 heterocycles. The summed E-state index contributed by atoms with van der Waals surface area (Å²) in [6.07, 6.45) is 5.93. The second-order valence-corrected chi connectivity index (χ2v) is 5.65. The lowest BCUT2D eigenvalue weighted by Gasteiger charge is -2.24. The molecule has 0 aliphatic carbocycles. The maximum Gasteiger partial charge on any atom is 0.229 e. The molecule has 1 atom stereocenters. The van der Waals surface area contributed by atoms with E-state index in [-0.39, 0.29) is 23.6 Å². The van der Waals surface area contributed by atoms with Crippen molar-refractivity contribution in [3.8, 4) is 0 Å². The first-order chi connectivity index (χ1) is 10.1. The Morgan fingerprint density at radius 1 is 1.57 bits per heavy atom. The van der Waals surface area contributed by atoms with E-state index in [1.54, 1.807) is 13.1 Å². The summed E-state index contributed by atoms with van der Waals surface area (Å²) in [7, 11) is 0. The first-order valence-corrected chi connectivity index (χ1v) is 7.40. The minimum atomic E-state index is 0.0675. The van der Waals surface area contributed by atoms with Gasteiger partial charge in [0.2, 0.25) is 11.1 Å². The number of carbonyl (C=O) groups excluding carboxylic acids is 1. The van der Waals surface area contributed by atoms with E-state index in [2.05, 4.69) is 10.3 Å². The number of aryl methyl sites for hydroxylation is 1. The minimum Gasteiger partial charge on any atom is -0.344 e. The van der Waals surface area contributed by atoms with Crippen molar-refractivity contribution in [2.24, 2.45) is 0 Å². The van der Waals surface area contributed by atoms with Crippen molar-refractivity contribution in [1.29, 1.82) is 0 Å². The Balaban J connectivity index is 1.68. The Hall–Kier alpha value is -1.82. The van der Waals surface area contributed by atoms with E-state index in [4.69, 9.17) is 16.1 Å². The van der Waals surface area contributed by atoms with E-state index >= 15 is 0 Å². The fourth-order valence-corrected chi connectivity index (χ4v) is 3.03. The number of hydrogen-bond acceptors (Lipinski definition) is 4. The quantitative estimate of drug-likeness (QED) is 0.867. The Morgan fingerprint density at radius 3 is 3.10 bits per heavy atom. The summed E-state index contributed by atoms with van der Waals surface area (Å²) >= 11 is 5.93. The van der Waals surface area contributed by atoms with Crippen LogP contribution in [0.15, 0.2) is 23.0 Å². The maximum atomic E-state index is 12.5. The zero-order chi connectivity index (χ0) is 14.8. The molecule has 0 radical (unpaired) electrons. The van der Waals surface area contributed by atoms with Gasteiger partial charge in [0.25, 0.3) is 0 Å². The zero-order valence-corrected chi connectivity index (χ0v) is 12.6. The number of hydrogen-bond donors (Lipinski definition) is 0. The van der Waals surface area contributed by atoms with Crippen molar-refractivity contribution in [1.82, 2.24) is 19.8 Å². The molecule has 0 bridgehead atoms.